The van der Waals surface area contributed by atoms with Gasteiger partial charge in [0, 0.05) is 38.4 Å². The summed E-state index contributed by atoms with van der Waals surface area (Å²) >= 11 is 0. The smallest absolute Gasteiger partial charge is 0.218 e. The molecule has 0 saturated heterocycles. The van der Waals surface area contributed by atoms with Gasteiger partial charge in [-0.2, -0.15) is 0 Å². The quantitative estimate of drug-likeness (QED) is 0.382. The van der Waals surface area contributed by atoms with Crippen molar-refractivity contribution in [3.8, 4) is 5.88 Å². The van der Waals surface area contributed by atoms with Gasteiger partial charge in [0.15, 0.2) is 5.96 Å². The van der Waals surface area contributed by atoms with Gasteiger partial charge in [0.1, 0.15) is 5.82 Å². The Morgan fingerprint density at radius 2 is 2.04 bits per heavy atom. The van der Waals surface area contributed by atoms with Gasteiger partial charge in [-0.25, -0.2) is 9.97 Å². The summed E-state index contributed by atoms with van der Waals surface area (Å²) in [7, 11) is 3.39. The van der Waals surface area contributed by atoms with E-state index in [0.29, 0.717) is 12.4 Å². The van der Waals surface area contributed by atoms with Crippen LogP contribution in [0.15, 0.2) is 47.6 Å². The minimum atomic E-state index is 0.599. The van der Waals surface area contributed by atoms with Crippen molar-refractivity contribution >= 4 is 17.0 Å². The van der Waals surface area contributed by atoms with E-state index in [9.17, 15) is 0 Å². The van der Waals surface area contributed by atoms with Crippen LogP contribution in [0, 0.1) is 6.92 Å². The number of pyridine rings is 1. The minimum Gasteiger partial charge on any atom is -0.481 e. The average Bonchev–Trinajstić information content (AvgIpc) is 3.02. The Kier molecular flexibility index (Phi) is 6.25. The molecule has 7 nitrogen and oxygen atoms in total. The molecule has 0 aliphatic rings. The molecule has 0 aliphatic carbocycles. The van der Waals surface area contributed by atoms with Crippen molar-refractivity contribution in [2.24, 2.45) is 4.99 Å². The Labute approximate surface area is 159 Å². The number of aliphatic imine (C=N–C) groups is 1. The summed E-state index contributed by atoms with van der Waals surface area (Å²) in [6.45, 7) is 4.37. The molecule has 0 saturated carbocycles. The first-order chi connectivity index (χ1) is 13.2. The van der Waals surface area contributed by atoms with Gasteiger partial charge < -0.3 is 19.9 Å². The lowest BCUT2D eigenvalue weighted by molar-refractivity contribution is 0.392. The zero-order valence-corrected chi connectivity index (χ0v) is 16.1. The molecule has 0 fully saturated rings. The van der Waals surface area contributed by atoms with Gasteiger partial charge in [-0.1, -0.05) is 18.2 Å². The number of para-hydroxylation sites is 2. The summed E-state index contributed by atoms with van der Waals surface area (Å²) < 4.78 is 7.54. The predicted octanol–water partition coefficient (Wildman–Crippen LogP) is 2.50. The van der Waals surface area contributed by atoms with Crippen molar-refractivity contribution in [3.63, 3.8) is 0 Å². The zero-order chi connectivity index (χ0) is 19.1. The Balaban J connectivity index is 1.49. The fourth-order valence-corrected chi connectivity index (χ4v) is 3.06. The van der Waals surface area contributed by atoms with Gasteiger partial charge in [-0.15, -0.1) is 0 Å². The molecule has 0 unspecified atom stereocenters. The zero-order valence-electron chi connectivity index (χ0n) is 16.1. The van der Waals surface area contributed by atoms with Crippen molar-refractivity contribution in [1.29, 1.82) is 0 Å². The molecule has 2 aromatic heterocycles. The molecular weight excluding hydrogens is 340 g/mol. The van der Waals surface area contributed by atoms with E-state index in [2.05, 4.69) is 55.3 Å². The van der Waals surface area contributed by atoms with Crippen LogP contribution in [0.3, 0.4) is 0 Å². The summed E-state index contributed by atoms with van der Waals surface area (Å²) in [6.07, 6.45) is 2.69. The van der Waals surface area contributed by atoms with E-state index in [4.69, 9.17) is 4.74 Å². The van der Waals surface area contributed by atoms with E-state index in [0.717, 1.165) is 42.4 Å². The molecule has 0 bridgehead atoms. The van der Waals surface area contributed by atoms with Gasteiger partial charge in [-0.3, -0.25) is 4.99 Å². The van der Waals surface area contributed by atoms with Crippen LogP contribution in [0.5, 0.6) is 5.88 Å². The van der Waals surface area contributed by atoms with Crippen LogP contribution >= 0.6 is 0 Å². The van der Waals surface area contributed by atoms with Crippen LogP contribution in [-0.2, 0) is 13.1 Å². The highest BCUT2D eigenvalue weighted by atomic mass is 16.5. The Morgan fingerprint density at radius 1 is 1.19 bits per heavy atom. The number of ether oxygens (including phenoxy) is 1. The standard InChI is InChI=1S/C20H26N6O/c1-15-25-17-9-4-5-10-18(17)26(15)13-7-12-23-20(21-2)24-14-16-8-6-11-22-19(16)27-3/h4-6,8-11H,7,12-14H2,1-3H3,(H2,21,23,24). The van der Waals surface area contributed by atoms with Crippen LogP contribution in [0.25, 0.3) is 11.0 Å². The van der Waals surface area contributed by atoms with Gasteiger partial charge in [0.2, 0.25) is 5.88 Å². The number of methoxy groups -OCH3 is 1. The van der Waals surface area contributed by atoms with Crippen LogP contribution < -0.4 is 15.4 Å². The summed E-state index contributed by atoms with van der Waals surface area (Å²) in [4.78, 5) is 13.1. The van der Waals surface area contributed by atoms with Gasteiger partial charge in [0.05, 0.1) is 18.1 Å². The monoisotopic (exact) mass is 366 g/mol. The van der Waals surface area contributed by atoms with Gasteiger partial charge >= 0.3 is 0 Å². The molecule has 7 heteroatoms. The van der Waals surface area contributed by atoms with E-state index >= 15 is 0 Å². The van der Waals surface area contributed by atoms with E-state index < -0.39 is 0 Å². The number of aromatic nitrogens is 3. The second-order valence-corrected chi connectivity index (χ2v) is 6.18. The summed E-state index contributed by atoms with van der Waals surface area (Å²) in [5, 5.41) is 6.65. The molecule has 0 amide bonds. The molecule has 2 N–H and O–H groups in total. The van der Waals surface area contributed by atoms with Crippen LogP contribution in [0.1, 0.15) is 17.8 Å². The Bertz CT molecular complexity index is 918. The van der Waals surface area contributed by atoms with Crippen molar-refractivity contribution in [3.05, 3.63) is 54.0 Å². The maximum atomic E-state index is 5.28. The third kappa shape index (κ3) is 4.55. The van der Waals surface area contributed by atoms with E-state index in [1.54, 1.807) is 20.4 Å². The second kappa shape index (κ2) is 9.02. The number of nitrogens with zero attached hydrogens (tertiary/aromatic N) is 4. The number of rotatable bonds is 7. The molecule has 0 aliphatic heterocycles. The Morgan fingerprint density at radius 3 is 2.85 bits per heavy atom. The van der Waals surface area contributed by atoms with Crippen molar-refractivity contribution in [2.45, 2.75) is 26.4 Å². The van der Waals surface area contributed by atoms with Gasteiger partial charge in [0.25, 0.3) is 0 Å². The Hall–Kier alpha value is -3.09. The molecule has 0 radical (unpaired) electrons. The SMILES string of the molecule is CN=C(NCCCn1c(C)nc2ccccc21)NCc1cccnc1OC. The molecule has 142 valence electrons. The number of aryl methyl sites for hydroxylation is 2. The third-order valence-electron chi connectivity index (χ3n) is 4.41. The first-order valence-electron chi connectivity index (χ1n) is 9.07. The normalized spacial score (nSPS) is 11.6. The number of benzene rings is 1. The molecule has 27 heavy (non-hydrogen) atoms. The van der Waals surface area contributed by atoms with Crippen LogP contribution in [-0.4, -0.2) is 41.2 Å². The summed E-state index contributed by atoms with van der Waals surface area (Å²) in [5.74, 6) is 2.43. The number of nitrogens with one attached hydrogen (secondary N) is 2. The second-order valence-electron chi connectivity index (χ2n) is 6.18. The van der Waals surface area contributed by atoms with Crippen LogP contribution in [0.2, 0.25) is 0 Å². The lowest BCUT2D eigenvalue weighted by Crippen LogP contribution is -2.37. The van der Waals surface area contributed by atoms with E-state index in [1.165, 1.54) is 5.52 Å². The fourth-order valence-electron chi connectivity index (χ4n) is 3.06. The highest BCUT2D eigenvalue weighted by Gasteiger charge is 2.07. The maximum Gasteiger partial charge on any atom is 0.218 e. The van der Waals surface area contributed by atoms with E-state index in [1.807, 2.05) is 18.2 Å². The molecule has 3 rings (SSSR count). The molecule has 3 aromatic rings. The topological polar surface area (TPSA) is 76.4 Å². The number of hydrogen-bond acceptors (Lipinski definition) is 4. The largest absolute Gasteiger partial charge is 0.481 e. The number of fused-ring (bicyclic) bond motifs is 1. The third-order valence-corrected chi connectivity index (χ3v) is 4.41. The first kappa shape index (κ1) is 18.7. The average molecular weight is 366 g/mol. The molecule has 0 atom stereocenters. The molecule has 2 heterocycles. The highest BCUT2D eigenvalue weighted by Crippen LogP contribution is 2.15. The molecule has 1 aromatic carbocycles. The summed E-state index contributed by atoms with van der Waals surface area (Å²) in [5.41, 5.74) is 3.22. The van der Waals surface area contributed by atoms with Crippen LogP contribution in [0.4, 0.5) is 0 Å². The number of imidazole rings is 1. The maximum absolute atomic E-state index is 5.28. The van der Waals surface area contributed by atoms with Crippen molar-refractivity contribution < 1.29 is 4.74 Å². The number of hydrogen-bond donors (Lipinski definition) is 2. The lowest BCUT2D eigenvalue weighted by Gasteiger charge is -2.13. The summed E-state index contributed by atoms with van der Waals surface area (Å²) in [6, 6.07) is 12.1. The predicted molar refractivity (Wildman–Crippen MR) is 108 cm³/mol. The fraction of sp³-hybridized carbons (Fsp3) is 0.350. The minimum absolute atomic E-state index is 0.599. The van der Waals surface area contributed by atoms with Crippen molar-refractivity contribution in [1.82, 2.24) is 25.2 Å². The highest BCUT2D eigenvalue weighted by molar-refractivity contribution is 5.79. The molecule has 0 spiro atoms. The van der Waals surface area contributed by atoms with Crippen molar-refractivity contribution in [2.75, 3.05) is 20.7 Å². The first-order valence-corrected chi connectivity index (χ1v) is 9.07. The lowest BCUT2D eigenvalue weighted by atomic mass is 10.2. The molecular formula is C20H26N6O. The number of guanidine groups is 1. The van der Waals surface area contributed by atoms with E-state index in [-0.39, 0.29) is 0 Å². The van der Waals surface area contributed by atoms with Gasteiger partial charge in [-0.05, 0) is 31.5 Å².